The monoisotopic (exact) mass is 313 g/mol. The lowest BCUT2D eigenvalue weighted by Gasteiger charge is -2.14. The molecule has 23 heavy (non-hydrogen) atoms. The number of carbonyl (C=O) groups is 2. The van der Waals surface area contributed by atoms with Crippen LogP contribution in [0, 0.1) is 6.92 Å². The summed E-state index contributed by atoms with van der Waals surface area (Å²) >= 11 is 0. The number of esters is 2. The molecule has 5 heteroatoms. The number of ether oxygens (including phenoxy) is 2. The fourth-order valence-corrected chi connectivity index (χ4v) is 2.97. The molecule has 0 amide bonds. The van der Waals surface area contributed by atoms with Gasteiger partial charge >= 0.3 is 11.9 Å². The van der Waals surface area contributed by atoms with Crippen LogP contribution in [0.25, 0.3) is 10.9 Å². The van der Waals surface area contributed by atoms with Gasteiger partial charge in [0.1, 0.15) is 6.10 Å². The smallest absolute Gasteiger partial charge is 0.347 e. The van der Waals surface area contributed by atoms with Crippen LogP contribution < -0.4 is 0 Å². The van der Waals surface area contributed by atoms with Crippen molar-refractivity contribution in [1.82, 2.24) is 4.98 Å². The van der Waals surface area contributed by atoms with Crippen molar-refractivity contribution in [2.24, 2.45) is 0 Å². The predicted octanol–water partition coefficient (Wildman–Crippen LogP) is 2.97. The molecule has 0 spiro atoms. The number of rotatable bonds is 3. The topological polar surface area (TPSA) is 65.5 Å². The number of benzene rings is 1. The van der Waals surface area contributed by atoms with Crippen molar-refractivity contribution in [1.29, 1.82) is 0 Å². The number of hydrogen-bond donors (Lipinski definition) is 0. The van der Waals surface area contributed by atoms with Crippen LogP contribution >= 0.6 is 0 Å². The van der Waals surface area contributed by atoms with E-state index in [9.17, 15) is 9.59 Å². The average Bonchev–Trinajstić information content (AvgIpc) is 2.84. The molecular weight excluding hydrogens is 294 g/mol. The van der Waals surface area contributed by atoms with E-state index in [1.807, 2.05) is 38.1 Å². The number of carbonyl (C=O) groups excluding carboxylic acids is 2. The first kappa shape index (κ1) is 15.5. The largest absolute Gasteiger partial charge is 0.460 e. The Bertz CT molecular complexity index is 784. The maximum absolute atomic E-state index is 12.6. The van der Waals surface area contributed by atoms with Crippen molar-refractivity contribution in [3.63, 3.8) is 0 Å². The molecule has 1 saturated heterocycles. The summed E-state index contributed by atoms with van der Waals surface area (Å²) in [7, 11) is 0. The van der Waals surface area contributed by atoms with Gasteiger partial charge in [0.2, 0.25) is 6.10 Å². The Hall–Kier alpha value is -2.43. The van der Waals surface area contributed by atoms with Crippen LogP contribution in [-0.4, -0.2) is 29.1 Å². The zero-order chi connectivity index (χ0) is 16.6. The molecule has 0 bridgehead atoms. The minimum absolute atomic E-state index is 0.221. The van der Waals surface area contributed by atoms with E-state index < -0.39 is 18.0 Å². The lowest BCUT2D eigenvalue weighted by molar-refractivity contribution is -0.147. The number of aryl methyl sites for hydroxylation is 2. The second kappa shape index (κ2) is 5.99. The molecule has 2 aromatic rings. The summed E-state index contributed by atoms with van der Waals surface area (Å²) in [5, 5.41) is 0.916. The SMILES string of the molecule is CCc1nc2ccccc2c(C)c1C(=O)O[C@@H]1C[C@@H](C)OC1=O. The van der Waals surface area contributed by atoms with Gasteiger partial charge in [-0.1, -0.05) is 25.1 Å². The van der Waals surface area contributed by atoms with Gasteiger partial charge in [-0.15, -0.1) is 0 Å². The number of hydrogen-bond acceptors (Lipinski definition) is 5. The highest BCUT2D eigenvalue weighted by Crippen LogP contribution is 2.26. The Kier molecular flexibility index (Phi) is 4.03. The number of cyclic esters (lactones) is 1. The summed E-state index contributed by atoms with van der Waals surface area (Å²) < 4.78 is 10.4. The molecule has 1 aromatic carbocycles. The second-order valence-electron chi connectivity index (χ2n) is 5.81. The zero-order valence-corrected chi connectivity index (χ0v) is 13.5. The number of fused-ring (bicyclic) bond motifs is 1. The molecule has 1 fully saturated rings. The molecule has 0 aliphatic carbocycles. The van der Waals surface area contributed by atoms with Crippen LogP contribution in [0.5, 0.6) is 0 Å². The summed E-state index contributed by atoms with van der Waals surface area (Å²) in [5.74, 6) is -0.982. The Labute approximate surface area is 134 Å². The highest BCUT2D eigenvalue weighted by molar-refractivity contribution is 5.99. The summed E-state index contributed by atoms with van der Waals surface area (Å²) in [5.41, 5.74) is 2.83. The molecule has 3 rings (SSSR count). The minimum atomic E-state index is -0.826. The lowest BCUT2D eigenvalue weighted by atomic mass is 10.0. The minimum Gasteiger partial charge on any atom is -0.460 e. The van der Waals surface area contributed by atoms with E-state index in [2.05, 4.69) is 4.98 Å². The quantitative estimate of drug-likeness (QED) is 0.815. The van der Waals surface area contributed by atoms with Crippen molar-refractivity contribution >= 4 is 22.8 Å². The number of nitrogens with zero attached hydrogens (tertiary/aromatic N) is 1. The molecule has 1 aliphatic heterocycles. The molecule has 2 heterocycles. The molecule has 120 valence electrons. The highest BCUT2D eigenvalue weighted by atomic mass is 16.6. The first-order chi connectivity index (χ1) is 11.0. The molecule has 1 aromatic heterocycles. The Morgan fingerprint density at radius 2 is 2.13 bits per heavy atom. The van der Waals surface area contributed by atoms with E-state index in [0.717, 1.165) is 16.5 Å². The van der Waals surface area contributed by atoms with Crippen molar-refractivity contribution in [3.05, 3.63) is 41.1 Å². The predicted molar refractivity (Wildman–Crippen MR) is 85.2 cm³/mol. The fourth-order valence-electron chi connectivity index (χ4n) is 2.97. The molecule has 0 unspecified atom stereocenters. The number of aromatic nitrogens is 1. The van der Waals surface area contributed by atoms with E-state index in [4.69, 9.17) is 9.47 Å². The summed E-state index contributed by atoms with van der Waals surface area (Å²) in [6, 6.07) is 7.68. The second-order valence-corrected chi connectivity index (χ2v) is 5.81. The van der Waals surface area contributed by atoms with E-state index in [0.29, 0.717) is 24.1 Å². The third-order valence-electron chi connectivity index (χ3n) is 4.14. The van der Waals surface area contributed by atoms with Crippen LogP contribution in [-0.2, 0) is 20.7 Å². The first-order valence-corrected chi connectivity index (χ1v) is 7.81. The van der Waals surface area contributed by atoms with Gasteiger partial charge in [-0.25, -0.2) is 9.59 Å². The normalized spacial score (nSPS) is 20.6. The fraction of sp³-hybridized carbons (Fsp3) is 0.389. The van der Waals surface area contributed by atoms with Gasteiger partial charge in [0.05, 0.1) is 16.8 Å². The van der Waals surface area contributed by atoms with Crippen LogP contribution in [0.1, 0.15) is 41.9 Å². The van der Waals surface area contributed by atoms with Gasteiger partial charge in [-0.05, 0) is 31.9 Å². The van der Waals surface area contributed by atoms with Gasteiger partial charge in [-0.3, -0.25) is 4.98 Å². The Morgan fingerprint density at radius 1 is 1.39 bits per heavy atom. The maximum atomic E-state index is 12.6. The van der Waals surface area contributed by atoms with E-state index in [1.165, 1.54) is 0 Å². The first-order valence-electron chi connectivity index (χ1n) is 7.81. The standard InChI is InChI=1S/C18H19NO4/c1-4-13-16(11(3)12-7-5-6-8-14(12)19-13)18(21)23-15-9-10(2)22-17(15)20/h5-8,10,15H,4,9H2,1-3H3/t10-,15-/m1/s1. The molecule has 0 radical (unpaired) electrons. The average molecular weight is 313 g/mol. The molecule has 5 nitrogen and oxygen atoms in total. The van der Waals surface area contributed by atoms with Crippen molar-refractivity contribution in [2.45, 2.75) is 45.8 Å². The number of pyridine rings is 1. The van der Waals surface area contributed by atoms with E-state index in [-0.39, 0.29) is 6.10 Å². The Morgan fingerprint density at radius 3 is 2.78 bits per heavy atom. The Balaban J connectivity index is 1.99. The molecule has 2 atom stereocenters. The van der Waals surface area contributed by atoms with Crippen LogP contribution in [0.15, 0.2) is 24.3 Å². The molecule has 0 N–H and O–H groups in total. The van der Waals surface area contributed by atoms with Crippen LogP contribution in [0.2, 0.25) is 0 Å². The van der Waals surface area contributed by atoms with Gasteiger partial charge in [0.15, 0.2) is 0 Å². The maximum Gasteiger partial charge on any atom is 0.347 e. The summed E-state index contributed by atoms with van der Waals surface area (Å²) in [6.45, 7) is 5.61. The van der Waals surface area contributed by atoms with E-state index in [1.54, 1.807) is 6.92 Å². The third kappa shape index (κ3) is 2.79. The van der Waals surface area contributed by atoms with Crippen molar-refractivity contribution < 1.29 is 19.1 Å². The summed E-state index contributed by atoms with van der Waals surface area (Å²) in [6.07, 6.45) is -0.0388. The van der Waals surface area contributed by atoms with Crippen LogP contribution in [0.4, 0.5) is 0 Å². The lowest BCUT2D eigenvalue weighted by Crippen LogP contribution is -2.24. The van der Waals surface area contributed by atoms with Crippen molar-refractivity contribution in [2.75, 3.05) is 0 Å². The molecule has 1 aliphatic rings. The van der Waals surface area contributed by atoms with Gasteiger partial charge in [0, 0.05) is 11.8 Å². The molecule has 0 saturated carbocycles. The third-order valence-corrected chi connectivity index (χ3v) is 4.14. The zero-order valence-electron chi connectivity index (χ0n) is 13.5. The van der Waals surface area contributed by atoms with E-state index >= 15 is 0 Å². The van der Waals surface area contributed by atoms with Crippen LogP contribution in [0.3, 0.4) is 0 Å². The van der Waals surface area contributed by atoms with Gasteiger partial charge in [-0.2, -0.15) is 0 Å². The number of para-hydroxylation sites is 1. The highest BCUT2D eigenvalue weighted by Gasteiger charge is 2.36. The summed E-state index contributed by atoms with van der Waals surface area (Å²) in [4.78, 5) is 28.9. The molecular formula is C18H19NO4. The van der Waals surface area contributed by atoms with Gasteiger partial charge < -0.3 is 9.47 Å². The van der Waals surface area contributed by atoms with Gasteiger partial charge in [0.25, 0.3) is 0 Å². The van der Waals surface area contributed by atoms with Crippen molar-refractivity contribution in [3.8, 4) is 0 Å².